The first kappa shape index (κ1) is 11.2. The third kappa shape index (κ3) is 3.77. The molecule has 15 heavy (non-hydrogen) atoms. The molecule has 0 radical (unpaired) electrons. The molecule has 0 saturated heterocycles. The number of hydrogen-bond donors (Lipinski definition) is 1. The van der Waals surface area contributed by atoms with Crippen LogP contribution in [0.4, 0.5) is 4.39 Å². The van der Waals surface area contributed by atoms with E-state index in [2.05, 4.69) is 0 Å². The van der Waals surface area contributed by atoms with Crippen LogP contribution in [-0.4, -0.2) is 11.1 Å². The Hall–Kier alpha value is -1.90. The standard InChI is InChI=1S/C12H11FO2/c1-9-8-11(13)7-6-10(9)4-2-3-5-12(14)15/h2-8H,1H3,(H,14,15)/b4-2+,5-3+. The largest absolute Gasteiger partial charge is 0.478 e. The fourth-order valence-corrected chi connectivity index (χ4v) is 1.12. The van der Waals surface area contributed by atoms with Crippen molar-refractivity contribution in [1.82, 2.24) is 0 Å². The van der Waals surface area contributed by atoms with Crippen molar-refractivity contribution in [3.05, 3.63) is 53.4 Å². The summed E-state index contributed by atoms with van der Waals surface area (Å²) in [5.41, 5.74) is 1.68. The van der Waals surface area contributed by atoms with Crippen molar-refractivity contribution >= 4 is 12.0 Å². The van der Waals surface area contributed by atoms with Crippen LogP contribution < -0.4 is 0 Å². The van der Waals surface area contributed by atoms with Crippen molar-refractivity contribution in [2.24, 2.45) is 0 Å². The molecular weight excluding hydrogens is 195 g/mol. The number of carbonyl (C=O) groups is 1. The van der Waals surface area contributed by atoms with E-state index in [1.807, 2.05) is 0 Å². The molecule has 0 bridgehead atoms. The zero-order chi connectivity index (χ0) is 11.3. The molecule has 1 aromatic carbocycles. The van der Waals surface area contributed by atoms with Crippen molar-refractivity contribution in [3.63, 3.8) is 0 Å². The second kappa shape index (κ2) is 5.10. The number of carboxylic acids is 1. The van der Waals surface area contributed by atoms with Gasteiger partial charge in [-0.2, -0.15) is 0 Å². The topological polar surface area (TPSA) is 37.3 Å². The van der Waals surface area contributed by atoms with Gasteiger partial charge in [-0.3, -0.25) is 0 Å². The number of rotatable bonds is 3. The molecule has 0 heterocycles. The quantitative estimate of drug-likeness (QED) is 0.610. The first-order valence-electron chi connectivity index (χ1n) is 4.43. The predicted molar refractivity (Wildman–Crippen MR) is 56.9 cm³/mol. The Bertz CT molecular complexity index is 420. The van der Waals surface area contributed by atoms with E-state index in [-0.39, 0.29) is 5.82 Å². The number of hydrogen-bond acceptors (Lipinski definition) is 1. The van der Waals surface area contributed by atoms with Gasteiger partial charge in [-0.1, -0.05) is 24.3 Å². The van der Waals surface area contributed by atoms with Crippen LogP contribution >= 0.6 is 0 Å². The van der Waals surface area contributed by atoms with Crippen LogP contribution in [0.1, 0.15) is 11.1 Å². The molecule has 2 nitrogen and oxygen atoms in total. The lowest BCUT2D eigenvalue weighted by Gasteiger charge is -1.98. The Labute approximate surface area is 87.4 Å². The summed E-state index contributed by atoms with van der Waals surface area (Å²) < 4.78 is 12.7. The van der Waals surface area contributed by atoms with Crippen LogP contribution in [0.3, 0.4) is 0 Å². The molecular formula is C12H11FO2. The number of halogens is 1. The lowest BCUT2D eigenvalue weighted by atomic mass is 10.1. The molecule has 0 aliphatic carbocycles. The Morgan fingerprint density at radius 2 is 2.13 bits per heavy atom. The van der Waals surface area contributed by atoms with E-state index in [1.54, 1.807) is 25.1 Å². The molecule has 0 aliphatic heterocycles. The average molecular weight is 206 g/mol. The molecule has 0 unspecified atom stereocenters. The second-order valence-electron chi connectivity index (χ2n) is 3.06. The van der Waals surface area contributed by atoms with Gasteiger partial charge in [-0.05, 0) is 30.2 Å². The Morgan fingerprint density at radius 1 is 1.40 bits per heavy atom. The zero-order valence-electron chi connectivity index (χ0n) is 8.27. The van der Waals surface area contributed by atoms with Crippen LogP contribution in [0, 0.1) is 12.7 Å². The molecule has 3 heteroatoms. The minimum absolute atomic E-state index is 0.272. The number of aryl methyl sites for hydroxylation is 1. The van der Waals surface area contributed by atoms with Gasteiger partial charge in [0.2, 0.25) is 0 Å². The van der Waals surface area contributed by atoms with E-state index in [1.165, 1.54) is 18.2 Å². The monoisotopic (exact) mass is 206 g/mol. The molecule has 0 amide bonds. The van der Waals surface area contributed by atoms with Gasteiger partial charge in [-0.25, -0.2) is 9.18 Å². The highest BCUT2D eigenvalue weighted by atomic mass is 19.1. The summed E-state index contributed by atoms with van der Waals surface area (Å²) in [4.78, 5) is 10.2. The number of allylic oxidation sites excluding steroid dienone is 2. The fraction of sp³-hybridized carbons (Fsp3) is 0.0833. The molecule has 0 aromatic heterocycles. The normalized spacial score (nSPS) is 11.3. The highest BCUT2D eigenvalue weighted by Gasteiger charge is 1.95. The summed E-state index contributed by atoms with van der Waals surface area (Å²) >= 11 is 0. The lowest BCUT2D eigenvalue weighted by Crippen LogP contribution is -1.84. The van der Waals surface area contributed by atoms with Crippen molar-refractivity contribution in [1.29, 1.82) is 0 Å². The molecule has 0 spiro atoms. The van der Waals surface area contributed by atoms with Gasteiger partial charge >= 0.3 is 5.97 Å². The SMILES string of the molecule is Cc1cc(F)ccc1/C=C/C=C/C(=O)O. The van der Waals surface area contributed by atoms with Gasteiger partial charge in [0.05, 0.1) is 0 Å². The molecule has 0 fully saturated rings. The van der Waals surface area contributed by atoms with E-state index < -0.39 is 5.97 Å². The number of benzene rings is 1. The van der Waals surface area contributed by atoms with E-state index in [4.69, 9.17) is 5.11 Å². The first-order valence-corrected chi connectivity index (χ1v) is 4.43. The summed E-state index contributed by atoms with van der Waals surface area (Å²) in [6.45, 7) is 1.80. The smallest absolute Gasteiger partial charge is 0.328 e. The Kier molecular flexibility index (Phi) is 3.80. The minimum Gasteiger partial charge on any atom is -0.478 e. The molecule has 0 aliphatic rings. The second-order valence-corrected chi connectivity index (χ2v) is 3.06. The van der Waals surface area contributed by atoms with Crippen molar-refractivity contribution in [3.8, 4) is 0 Å². The molecule has 78 valence electrons. The van der Waals surface area contributed by atoms with E-state index in [9.17, 15) is 9.18 Å². The zero-order valence-corrected chi connectivity index (χ0v) is 8.27. The Balaban J connectivity index is 2.77. The number of aliphatic carboxylic acids is 1. The molecule has 1 aromatic rings. The van der Waals surface area contributed by atoms with Crippen molar-refractivity contribution in [2.75, 3.05) is 0 Å². The van der Waals surface area contributed by atoms with Gasteiger partial charge in [0.1, 0.15) is 5.82 Å². The molecule has 0 saturated carbocycles. The minimum atomic E-state index is -0.990. The maximum atomic E-state index is 12.7. The van der Waals surface area contributed by atoms with Gasteiger partial charge in [-0.15, -0.1) is 0 Å². The summed E-state index contributed by atoms with van der Waals surface area (Å²) in [7, 11) is 0. The van der Waals surface area contributed by atoms with Crippen LogP contribution in [0.5, 0.6) is 0 Å². The maximum Gasteiger partial charge on any atom is 0.328 e. The summed E-state index contributed by atoms with van der Waals surface area (Å²) in [5, 5.41) is 8.33. The van der Waals surface area contributed by atoms with Crippen molar-refractivity contribution < 1.29 is 14.3 Å². The third-order valence-corrected chi connectivity index (χ3v) is 1.86. The molecule has 1 N–H and O–H groups in total. The predicted octanol–water partition coefficient (Wildman–Crippen LogP) is 2.79. The highest BCUT2D eigenvalue weighted by Crippen LogP contribution is 2.11. The summed E-state index contributed by atoms with van der Waals surface area (Å²) in [5.74, 6) is -1.26. The summed E-state index contributed by atoms with van der Waals surface area (Å²) in [6, 6.07) is 4.45. The van der Waals surface area contributed by atoms with Gasteiger partial charge < -0.3 is 5.11 Å². The maximum absolute atomic E-state index is 12.7. The molecule has 0 atom stereocenters. The fourth-order valence-electron chi connectivity index (χ4n) is 1.12. The average Bonchev–Trinajstić information content (AvgIpc) is 2.14. The van der Waals surface area contributed by atoms with E-state index >= 15 is 0 Å². The molecule has 1 rings (SSSR count). The first-order chi connectivity index (χ1) is 7.09. The van der Waals surface area contributed by atoms with Crippen LogP contribution in [0.15, 0.2) is 36.4 Å². The highest BCUT2D eigenvalue weighted by molar-refractivity contribution is 5.80. The Morgan fingerprint density at radius 3 is 2.73 bits per heavy atom. The van der Waals surface area contributed by atoms with Crippen LogP contribution in [-0.2, 0) is 4.79 Å². The third-order valence-electron chi connectivity index (χ3n) is 1.86. The van der Waals surface area contributed by atoms with Crippen LogP contribution in [0.25, 0.3) is 6.08 Å². The van der Waals surface area contributed by atoms with Gasteiger partial charge in [0.15, 0.2) is 0 Å². The van der Waals surface area contributed by atoms with Gasteiger partial charge in [0.25, 0.3) is 0 Å². The summed E-state index contributed by atoms with van der Waals surface area (Å²) in [6.07, 6.45) is 5.79. The van der Waals surface area contributed by atoms with Crippen molar-refractivity contribution in [2.45, 2.75) is 6.92 Å². The number of carboxylic acid groups (broad SMARTS) is 1. The van der Waals surface area contributed by atoms with E-state index in [0.717, 1.165) is 17.2 Å². The van der Waals surface area contributed by atoms with Gasteiger partial charge in [0, 0.05) is 6.08 Å². The van der Waals surface area contributed by atoms with E-state index in [0.29, 0.717) is 0 Å². The van der Waals surface area contributed by atoms with Crippen LogP contribution in [0.2, 0.25) is 0 Å². The lowest BCUT2D eigenvalue weighted by molar-refractivity contribution is -0.131.